The Morgan fingerprint density at radius 1 is 1.03 bits per heavy atom. The highest BCUT2D eigenvalue weighted by molar-refractivity contribution is 7.07. The molecule has 3 fully saturated rings. The summed E-state index contributed by atoms with van der Waals surface area (Å²) in [6.07, 6.45) is 6.68. The van der Waals surface area contributed by atoms with Crippen molar-refractivity contribution in [2.75, 3.05) is 58.9 Å². The van der Waals surface area contributed by atoms with Crippen LogP contribution >= 0.6 is 11.3 Å². The van der Waals surface area contributed by atoms with Crippen molar-refractivity contribution in [1.82, 2.24) is 19.6 Å². The molecule has 1 aromatic heterocycles. The number of hydrogen-bond acceptors (Lipinski definition) is 5. The van der Waals surface area contributed by atoms with Gasteiger partial charge in [-0.3, -0.25) is 14.6 Å². The number of hydrogen-bond donors (Lipinski definition) is 0. The minimum Gasteiger partial charge on any atom is -0.339 e. The summed E-state index contributed by atoms with van der Waals surface area (Å²) in [7, 11) is 0. The molecule has 0 bridgehead atoms. The molecule has 0 aromatic carbocycles. The molecule has 1 aromatic rings. The third-order valence-corrected chi connectivity index (χ3v) is 7.84. The Balaban J connectivity index is 1.19. The number of thiophene rings is 1. The van der Waals surface area contributed by atoms with Crippen LogP contribution in [0.15, 0.2) is 16.8 Å². The Labute approximate surface area is 180 Å². The van der Waals surface area contributed by atoms with Crippen LogP contribution in [0.4, 0.5) is 0 Å². The van der Waals surface area contributed by atoms with Crippen molar-refractivity contribution in [2.24, 2.45) is 5.92 Å². The van der Waals surface area contributed by atoms with Crippen molar-refractivity contribution in [2.45, 2.75) is 51.6 Å². The number of nitrogens with zero attached hydrogens (tertiary/aromatic N) is 4. The van der Waals surface area contributed by atoms with E-state index >= 15 is 0 Å². The monoisotopic (exact) mass is 418 g/mol. The topological polar surface area (TPSA) is 30.0 Å². The summed E-state index contributed by atoms with van der Waals surface area (Å²) < 4.78 is 0. The molecule has 162 valence electrons. The van der Waals surface area contributed by atoms with Crippen molar-refractivity contribution in [3.63, 3.8) is 0 Å². The van der Waals surface area contributed by atoms with E-state index in [1.807, 2.05) is 0 Å². The van der Waals surface area contributed by atoms with Gasteiger partial charge in [0.05, 0.1) is 6.54 Å². The zero-order valence-corrected chi connectivity index (χ0v) is 18.9. The Hall–Kier alpha value is -0.950. The lowest BCUT2D eigenvalue weighted by Gasteiger charge is -2.40. The van der Waals surface area contributed by atoms with Gasteiger partial charge in [-0.25, -0.2) is 0 Å². The van der Waals surface area contributed by atoms with Crippen LogP contribution in [0.5, 0.6) is 0 Å². The molecule has 2 unspecified atom stereocenters. The summed E-state index contributed by atoms with van der Waals surface area (Å²) in [5, 5.41) is 4.38. The van der Waals surface area contributed by atoms with Gasteiger partial charge < -0.3 is 9.80 Å². The highest BCUT2D eigenvalue weighted by Crippen LogP contribution is 2.23. The zero-order valence-electron chi connectivity index (χ0n) is 18.1. The van der Waals surface area contributed by atoms with E-state index in [2.05, 4.69) is 43.3 Å². The molecular weight excluding hydrogens is 380 g/mol. The highest BCUT2D eigenvalue weighted by atomic mass is 32.1. The predicted molar refractivity (Wildman–Crippen MR) is 120 cm³/mol. The molecule has 4 heterocycles. The summed E-state index contributed by atoms with van der Waals surface area (Å²) in [4.78, 5) is 22.6. The third-order valence-electron chi connectivity index (χ3n) is 7.11. The molecule has 3 saturated heterocycles. The molecule has 2 atom stereocenters. The number of likely N-dealkylation sites (tertiary alicyclic amines) is 2. The second kappa shape index (κ2) is 10.4. The Morgan fingerprint density at radius 2 is 1.90 bits per heavy atom. The van der Waals surface area contributed by atoms with E-state index < -0.39 is 0 Å². The molecule has 0 aliphatic carbocycles. The van der Waals surface area contributed by atoms with E-state index in [0.29, 0.717) is 12.5 Å². The van der Waals surface area contributed by atoms with Gasteiger partial charge in [-0.1, -0.05) is 6.42 Å². The molecule has 4 rings (SSSR count). The molecule has 0 radical (unpaired) electrons. The number of piperazine rings is 1. The smallest absolute Gasteiger partial charge is 0.236 e. The van der Waals surface area contributed by atoms with Gasteiger partial charge in [-0.2, -0.15) is 11.3 Å². The molecule has 0 saturated carbocycles. The molecule has 3 aliphatic heterocycles. The van der Waals surface area contributed by atoms with Crippen molar-refractivity contribution in [3.8, 4) is 0 Å². The number of piperidine rings is 2. The molecule has 3 aliphatic rings. The van der Waals surface area contributed by atoms with Crippen molar-refractivity contribution >= 4 is 17.2 Å². The van der Waals surface area contributed by atoms with Gasteiger partial charge in [0.2, 0.25) is 5.91 Å². The molecule has 0 N–H and O–H groups in total. The van der Waals surface area contributed by atoms with Gasteiger partial charge in [0, 0.05) is 51.9 Å². The minimum atomic E-state index is 0.340. The summed E-state index contributed by atoms with van der Waals surface area (Å²) >= 11 is 1.76. The molecule has 6 heteroatoms. The first-order valence-electron chi connectivity index (χ1n) is 11.6. The standard InChI is InChI=1S/C23H38N4OS/c1-20-5-2-3-9-27(20)17-21-6-4-8-25(15-21)18-23(28)26-12-10-24(11-13-26)16-22-7-14-29-19-22/h7,14,19-21H,2-6,8-13,15-18H2,1H3. The minimum absolute atomic E-state index is 0.340. The number of carbonyl (C=O) groups is 1. The summed E-state index contributed by atoms with van der Waals surface area (Å²) in [5.74, 6) is 1.08. The first-order chi connectivity index (χ1) is 14.2. The van der Waals surface area contributed by atoms with Crippen LogP contribution in [0, 0.1) is 5.92 Å². The van der Waals surface area contributed by atoms with E-state index in [1.165, 1.54) is 50.8 Å². The zero-order chi connectivity index (χ0) is 20.1. The lowest BCUT2D eigenvalue weighted by molar-refractivity contribution is -0.134. The molecule has 29 heavy (non-hydrogen) atoms. The van der Waals surface area contributed by atoms with Gasteiger partial charge in [-0.15, -0.1) is 0 Å². The first-order valence-corrected chi connectivity index (χ1v) is 12.6. The maximum Gasteiger partial charge on any atom is 0.236 e. The normalized spacial score (nSPS) is 28.0. The van der Waals surface area contributed by atoms with Gasteiger partial charge >= 0.3 is 0 Å². The van der Waals surface area contributed by atoms with Crippen molar-refractivity contribution < 1.29 is 4.79 Å². The Bertz CT molecular complexity index is 629. The fraction of sp³-hybridized carbons (Fsp3) is 0.783. The van der Waals surface area contributed by atoms with Crippen LogP contribution in [-0.4, -0.2) is 90.5 Å². The largest absolute Gasteiger partial charge is 0.339 e. The van der Waals surface area contributed by atoms with Crippen LogP contribution in [0.3, 0.4) is 0 Å². The average molecular weight is 419 g/mol. The molecule has 0 spiro atoms. The van der Waals surface area contributed by atoms with E-state index in [0.717, 1.165) is 57.8 Å². The fourth-order valence-electron chi connectivity index (χ4n) is 5.29. The van der Waals surface area contributed by atoms with Crippen LogP contribution in [-0.2, 0) is 11.3 Å². The maximum absolute atomic E-state index is 12.9. The molecule has 5 nitrogen and oxygen atoms in total. The summed E-state index contributed by atoms with van der Waals surface area (Å²) in [6.45, 7) is 12.5. The number of rotatable bonds is 6. The lowest BCUT2D eigenvalue weighted by Crippen LogP contribution is -2.52. The quantitative estimate of drug-likeness (QED) is 0.711. The van der Waals surface area contributed by atoms with Crippen molar-refractivity contribution in [3.05, 3.63) is 22.4 Å². The van der Waals surface area contributed by atoms with Crippen LogP contribution in [0.1, 0.15) is 44.6 Å². The van der Waals surface area contributed by atoms with Crippen molar-refractivity contribution in [1.29, 1.82) is 0 Å². The number of amides is 1. The van der Waals surface area contributed by atoms with Gasteiger partial charge in [0.25, 0.3) is 0 Å². The Morgan fingerprint density at radius 3 is 2.66 bits per heavy atom. The van der Waals surface area contributed by atoms with E-state index in [-0.39, 0.29) is 0 Å². The Kier molecular flexibility index (Phi) is 7.62. The van der Waals surface area contributed by atoms with Crippen LogP contribution in [0.2, 0.25) is 0 Å². The SMILES string of the molecule is CC1CCCCN1CC1CCCN(CC(=O)N2CCN(Cc3ccsc3)CC2)C1. The van der Waals surface area contributed by atoms with E-state index in [1.54, 1.807) is 11.3 Å². The fourth-order valence-corrected chi connectivity index (χ4v) is 5.95. The second-order valence-electron chi connectivity index (χ2n) is 9.37. The summed E-state index contributed by atoms with van der Waals surface area (Å²) in [6, 6.07) is 2.95. The third kappa shape index (κ3) is 6.03. The molecular formula is C23H38N4OS. The van der Waals surface area contributed by atoms with E-state index in [4.69, 9.17) is 0 Å². The highest BCUT2D eigenvalue weighted by Gasteiger charge is 2.28. The van der Waals surface area contributed by atoms with E-state index in [9.17, 15) is 4.79 Å². The lowest BCUT2D eigenvalue weighted by atomic mass is 9.95. The summed E-state index contributed by atoms with van der Waals surface area (Å²) in [5.41, 5.74) is 1.40. The van der Waals surface area contributed by atoms with Gasteiger partial charge in [0.1, 0.15) is 0 Å². The van der Waals surface area contributed by atoms with Crippen LogP contribution in [0.25, 0.3) is 0 Å². The van der Waals surface area contributed by atoms with Gasteiger partial charge in [0.15, 0.2) is 0 Å². The maximum atomic E-state index is 12.9. The average Bonchev–Trinajstić information content (AvgIpc) is 3.24. The second-order valence-corrected chi connectivity index (χ2v) is 10.2. The molecule has 1 amide bonds. The first kappa shape index (κ1) is 21.3. The van der Waals surface area contributed by atoms with Crippen LogP contribution < -0.4 is 0 Å². The number of carbonyl (C=O) groups excluding carboxylic acids is 1. The predicted octanol–water partition coefficient (Wildman–Crippen LogP) is 2.98. The van der Waals surface area contributed by atoms with Gasteiger partial charge in [-0.05, 0) is 74.0 Å².